The van der Waals surface area contributed by atoms with Gasteiger partial charge in [-0.05, 0) is 36.2 Å². The fourth-order valence-electron chi connectivity index (χ4n) is 4.91. The average Bonchev–Trinajstić information content (AvgIpc) is 3.03. The molecule has 0 heterocycles. The zero-order valence-corrected chi connectivity index (χ0v) is 23.3. The van der Waals surface area contributed by atoms with E-state index in [1.807, 2.05) is 91.0 Å². The summed E-state index contributed by atoms with van der Waals surface area (Å²) in [5.41, 5.74) is 3.42. The van der Waals surface area contributed by atoms with Gasteiger partial charge in [-0.3, -0.25) is 4.79 Å². The van der Waals surface area contributed by atoms with Crippen LogP contribution in [0.3, 0.4) is 0 Å². The first-order valence-corrected chi connectivity index (χ1v) is 13.5. The van der Waals surface area contributed by atoms with Crippen LogP contribution in [0.1, 0.15) is 38.8 Å². The van der Waals surface area contributed by atoms with Crippen LogP contribution in [0, 0.1) is 0 Å². The van der Waals surface area contributed by atoms with Gasteiger partial charge >= 0.3 is 0 Å². The molecule has 0 radical (unpaired) electrons. The van der Waals surface area contributed by atoms with Gasteiger partial charge in [0.25, 0.3) is 0 Å². The molecule has 0 atom stereocenters. The van der Waals surface area contributed by atoms with Crippen molar-refractivity contribution in [3.05, 3.63) is 138 Å². The minimum absolute atomic E-state index is 0.0221. The molecule has 0 fully saturated rings. The molecule has 0 aliphatic carbocycles. The van der Waals surface area contributed by atoms with E-state index in [2.05, 4.69) is 0 Å². The molecule has 0 unspecified atom stereocenters. The number of ether oxygens (including phenoxy) is 3. The fourth-order valence-corrected chi connectivity index (χ4v) is 4.91. The van der Waals surface area contributed by atoms with Crippen LogP contribution in [0.2, 0.25) is 0 Å². The highest BCUT2D eigenvalue weighted by molar-refractivity contribution is 6.13. The Bertz CT molecular complexity index is 1710. The van der Waals surface area contributed by atoms with Gasteiger partial charge in [0.05, 0.1) is 13.1 Å². The number of benzene rings is 5. The van der Waals surface area contributed by atoms with Crippen LogP contribution in [0.4, 0.5) is 0 Å². The second-order valence-corrected chi connectivity index (χ2v) is 9.64. The van der Waals surface area contributed by atoms with Crippen molar-refractivity contribution in [2.24, 2.45) is 0 Å². The number of methoxy groups -OCH3 is 1. The maximum absolute atomic E-state index is 12.8. The molecule has 0 aliphatic rings. The number of ketones is 1. The summed E-state index contributed by atoms with van der Waals surface area (Å²) in [4.78, 5) is 25.6. The predicted octanol–water partition coefficient (Wildman–Crippen LogP) is 6.75. The third-order valence-electron chi connectivity index (χ3n) is 6.88. The third-order valence-corrected chi connectivity index (χ3v) is 6.88. The number of rotatable bonds is 11. The number of aromatic carboxylic acids is 1. The summed E-state index contributed by atoms with van der Waals surface area (Å²) in [6.07, 6.45) is 0. The molecule has 6 heteroatoms. The van der Waals surface area contributed by atoms with Crippen LogP contribution in [0.15, 0.2) is 115 Å². The van der Waals surface area contributed by atoms with Crippen molar-refractivity contribution in [3.8, 4) is 39.5 Å². The van der Waals surface area contributed by atoms with E-state index < -0.39 is 11.8 Å². The first kappa shape index (κ1) is 28.2. The van der Waals surface area contributed by atoms with Crippen molar-refractivity contribution in [1.82, 2.24) is 0 Å². The normalized spacial score (nSPS) is 10.6. The first-order valence-electron chi connectivity index (χ1n) is 13.5. The van der Waals surface area contributed by atoms with Crippen LogP contribution in [-0.2, 0) is 13.2 Å². The maximum atomic E-state index is 12.8. The van der Waals surface area contributed by atoms with Gasteiger partial charge in [0.2, 0.25) is 0 Å². The fraction of sp³-hybridized carbons (Fsp3) is 0.111. The minimum Gasteiger partial charge on any atom is -0.545 e. The molecule has 6 nitrogen and oxygen atoms in total. The molecule has 5 aromatic rings. The summed E-state index contributed by atoms with van der Waals surface area (Å²) in [5, 5.41) is 12.8. The number of para-hydroxylation sites is 2. The van der Waals surface area contributed by atoms with E-state index >= 15 is 0 Å². The highest BCUT2D eigenvalue weighted by Crippen LogP contribution is 2.48. The van der Waals surface area contributed by atoms with Gasteiger partial charge in [-0.1, -0.05) is 97.1 Å². The number of Topliss-reactive ketones (excluding diaryl/α,β-unsaturated/α-hetero) is 1. The Morgan fingerprint density at radius 3 is 1.52 bits per heavy atom. The Balaban J connectivity index is 1.74. The van der Waals surface area contributed by atoms with Crippen LogP contribution in [0.5, 0.6) is 17.2 Å². The van der Waals surface area contributed by atoms with Gasteiger partial charge in [0.15, 0.2) is 5.78 Å². The summed E-state index contributed by atoms with van der Waals surface area (Å²) >= 11 is 0. The standard InChI is InChI=1S/C36H30O6/c1-24(37)29-21-32(40-2)33(27-17-9-11-19-30(27)41-22-25-13-5-3-6-14-25)34(35(29)36(38)39)28-18-10-12-20-31(28)42-23-26-15-7-4-8-16-26/h3-21H,22-23H2,1-2H3,(H,38,39)/p-1. The molecule has 0 aliphatic heterocycles. The molecule has 0 saturated heterocycles. The molecule has 0 N–H and O–H groups in total. The quantitative estimate of drug-likeness (QED) is 0.167. The summed E-state index contributed by atoms with van der Waals surface area (Å²) in [5.74, 6) is -0.649. The molecule has 0 bridgehead atoms. The Kier molecular flexibility index (Phi) is 8.64. The summed E-state index contributed by atoms with van der Waals surface area (Å²) in [7, 11) is 1.48. The van der Waals surface area contributed by atoms with Gasteiger partial charge in [0.1, 0.15) is 30.5 Å². The lowest BCUT2D eigenvalue weighted by atomic mass is 9.85. The topological polar surface area (TPSA) is 84.9 Å². The third kappa shape index (κ3) is 6.03. The number of carbonyl (C=O) groups is 2. The predicted molar refractivity (Wildman–Crippen MR) is 160 cm³/mol. The Hall–Kier alpha value is -5.36. The number of carboxylic acids is 1. The van der Waals surface area contributed by atoms with Crippen LogP contribution in [-0.4, -0.2) is 18.9 Å². The number of carboxylic acid groups (broad SMARTS) is 1. The summed E-state index contributed by atoms with van der Waals surface area (Å²) in [6, 6.07) is 35.3. The first-order chi connectivity index (χ1) is 20.5. The molecule has 0 spiro atoms. The zero-order chi connectivity index (χ0) is 29.5. The molecule has 5 aromatic carbocycles. The van der Waals surface area contributed by atoms with Crippen molar-refractivity contribution < 1.29 is 28.9 Å². The molecule has 0 saturated carbocycles. The monoisotopic (exact) mass is 557 g/mol. The number of hydrogen-bond donors (Lipinski definition) is 0. The van der Waals surface area contributed by atoms with Crippen LogP contribution >= 0.6 is 0 Å². The number of hydrogen-bond acceptors (Lipinski definition) is 6. The van der Waals surface area contributed by atoms with E-state index in [0.717, 1.165) is 11.1 Å². The van der Waals surface area contributed by atoms with Crippen molar-refractivity contribution in [3.63, 3.8) is 0 Å². The van der Waals surface area contributed by atoms with Gasteiger partial charge in [-0.2, -0.15) is 0 Å². The second-order valence-electron chi connectivity index (χ2n) is 9.64. The van der Waals surface area contributed by atoms with E-state index in [1.54, 1.807) is 18.2 Å². The molecule has 210 valence electrons. The van der Waals surface area contributed by atoms with E-state index in [1.165, 1.54) is 20.1 Å². The lowest BCUT2D eigenvalue weighted by molar-refractivity contribution is -0.255. The Morgan fingerprint density at radius 2 is 1.07 bits per heavy atom. The van der Waals surface area contributed by atoms with Crippen molar-refractivity contribution in [1.29, 1.82) is 0 Å². The van der Waals surface area contributed by atoms with E-state index in [9.17, 15) is 14.7 Å². The molecule has 0 aromatic heterocycles. The van der Waals surface area contributed by atoms with Gasteiger partial charge in [0, 0.05) is 33.4 Å². The summed E-state index contributed by atoms with van der Waals surface area (Å²) < 4.78 is 18.3. The highest BCUT2D eigenvalue weighted by Gasteiger charge is 2.27. The van der Waals surface area contributed by atoms with Crippen LogP contribution in [0.25, 0.3) is 22.3 Å². The summed E-state index contributed by atoms with van der Waals surface area (Å²) in [6.45, 7) is 1.87. The van der Waals surface area contributed by atoms with Crippen molar-refractivity contribution >= 4 is 11.8 Å². The largest absolute Gasteiger partial charge is 0.545 e. The second kappa shape index (κ2) is 12.9. The molecular formula is C36H29O6-. The van der Waals surface area contributed by atoms with Crippen LogP contribution < -0.4 is 19.3 Å². The highest BCUT2D eigenvalue weighted by atomic mass is 16.5. The van der Waals surface area contributed by atoms with Gasteiger partial charge in [-0.15, -0.1) is 0 Å². The zero-order valence-electron chi connectivity index (χ0n) is 23.3. The molecule has 0 amide bonds. The smallest absolute Gasteiger partial charge is 0.160 e. The van der Waals surface area contributed by atoms with Crippen molar-refractivity contribution in [2.75, 3.05) is 7.11 Å². The average molecular weight is 558 g/mol. The van der Waals surface area contributed by atoms with E-state index in [-0.39, 0.29) is 23.3 Å². The Morgan fingerprint density at radius 1 is 0.619 bits per heavy atom. The molecule has 42 heavy (non-hydrogen) atoms. The maximum Gasteiger partial charge on any atom is 0.160 e. The van der Waals surface area contributed by atoms with E-state index in [4.69, 9.17) is 14.2 Å². The lowest BCUT2D eigenvalue weighted by Gasteiger charge is -2.24. The van der Waals surface area contributed by atoms with Crippen molar-refractivity contribution in [2.45, 2.75) is 20.1 Å². The van der Waals surface area contributed by atoms with Gasteiger partial charge in [-0.25, -0.2) is 0 Å². The minimum atomic E-state index is -1.49. The SMILES string of the molecule is COc1cc(C(C)=O)c(C(=O)[O-])c(-c2ccccc2OCc2ccccc2)c1-c1ccccc1OCc1ccccc1. The molecular weight excluding hydrogens is 528 g/mol. The molecule has 5 rings (SSSR count). The Labute approximate surface area is 244 Å². The number of carbonyl (C=O) groups excluding carboxylic acids is 2. The van der Waals surface area contributed by atoms with Gasteiger partial charge < -0.3 is 24.1 Å². The van der Waals surface area contributed by atoms with E-state index in [0.29, 0.717) is 40.5 Å². The lowest BCUT2D eigenvalue weighted by Crippen LogP contribution is -2.26.